The minimum atomic E-state index is -0.161. The predicted octanol–water partition coefficient (Wildman–Crippen LogP) is 0.466. The van der Waals surface area contributed by atoms with Crippen LogP contribution in [0, 0.1) is 0 Å². The minimum absolute atomic E-state index is 0.161. The smallest absolute Gasteiger partial charge is 0.177 e. The van der Waals surface area contributed by atoms with Gasteiger partial charge in [0.15, 0.2) is 5.78 Å². The molecular weight excluding hydrogens is 160 g/mol. The van der Waals surface area contributed by atoms with Crippen molar-refractivity contribution in [2.45, 2.75) is 25.7 Å². The van der Waals surface area contributed by atoms with Gasteiger partial charge in [-0.1, -0.05) is 11.6 Å². The van der Waals surface area contributed by atoms with Gasteiger partial charge in [0, 0.05) is 6.42 Å². The van der Waals surface area contributed by atoms with Crippen LogP contribution >= 0.6 is 0 Å². The van der Waals surface area contributed by atoms with E-state index >= 15 is 0 Å². The molecule has 0 saturated heterocycles. The maximum atomic E-state index is 10.7. The standard InChI is InChI=1S/C7H14N2O3/c8-12-5-3-1-2-4-7(10)6-9-11/h6,11H,1-5,8H2. The second-order valence-electron chi connectivity index (χ2n) is 2.39. The Labute approximate surface area is 71.1 Å². The van der Waals surface area contributed by atoms with E-state index in [2.05, 4.69) is 9.99 Å². The first-order valence-electron chi connectivity index (χ1n) is 3.83. The minimum Gasteiger partial charge on any atom is -0.411 e. The molecule has 12 heavy (non-hydrogen) atoms. The third-order valence-electron chi connectivity index (χ3n) is 1.39. The van der Waals surface area contributed by atoms with Gasteiger partial charge in [-0.2, -0.15) is 0 Å². The largest absolute Gasteiger partial charge is 0.411 e. The molecule has 3 N–H and O–H groups in total. The van der Waals surface area contributed by atoms with Gasteiger partial charge in [-0.25, -0.2) is 5.90 Å². The summed E-state index contributed by atoms with van der Waals surface area (Å²) >= 11 is 0. The molecule has 0 amide bonds. The number of carbonyl (C=O) groups is 1. The van der Waals surface area contributed by atoms with Gasteiger partial charge in [0.2, 0.25) is 0 Å². The van der Waals surface area contributed by atoms with Crippen LogP contribution in [0.2, 0.25) is 0 Å². The zero-order chi connectivity index (χ0) is 9.23. The van der Waals surface area contributed by atoms with Crippen molar-refractivity contribution >= 4 is 12.0 Å². The summed E-state index contributed by atoms with van der Waals surface area (Å²) in [6.45, 7) is 0.516. The van der Waals surface area contributed by atoms with Gasteiger partial charge < -0.3 is 10.0 Å². The number of ketones is 1. The third kappa shape index (κ3) is 7.17. The number of nitrogens with zero attached hydrogens (tertiary/aromatic N) is 1. The molecule has 0 aliphatic carbocycles. The van der Waals surface area contributed by atoms with E-state index < -0.39 is 0 Å². The lowest BCUT2D eigenvalue weighted by Gasteiger charge is -1.96. The van der Waals surface area contributed by atoms with E-state index in [1.165, 1.54) is 0 Å². The molecule has 0 aliphatic rings. The summed E-state index contributed by atoms with van der Waals surface area (Å²) < 4.78 is 0. The Bertz CT molecular complexity index is 148. The zero-order valence-corrected chi connectivity index (χ0v) is 6.90. The number of nitrogens with two attached hydrogens (primary N) is 1. The molecule has 0 fully saturated rings. The average Bonchev–Trinajstić information content (AvgIpc) is 2.05. The van der Waals surface area contributed by atoms with E-state index in [1.54, 1.807) is 0 Å². The first kappa shape index (κ1) is 11.1. The molecular formula is C7H14N2O3. The van der Waals surface area contributed by atoms with Crippen molar-refractivity contribution in [2.24, 2.45) is 11.1 Å². The Morgan fingerprint density at radius 1 is 1.50 bits per heavy atom. The van der Waals surface area contributed by atoms with Crippen LogP contribution in [0.25, 0.3) is 0 Å². The summed E-state index contributed by atoms with van der Waals surface area (Å²) in [5.41, 5.74) is 0. The quantitative estimate of drug-likeness (QED) is 0.254. The Morgan fingerprint density at radius 2 is 2.25 bits per heavy atom. The second-order valence-corrected chi connectivity index (χ2v) is 2.39. The summed E-state index contributed by atoms with van der Waals surface area (Å²) in [5.74, 6) is 4.64. The molecule has 0 aromatic rings. The van der Waals surface area contributed by atoms with Crippen molar-refractivity contribution in [1.82, 2.24) is 0 Å². The Morgan fingerprint density at radius 3 is 2.83 bits per heavy atom. The third-order valence-corrected chi connectivity index (χ3v) is 1.39. The van der Waals surface area contributed by atoms with Crippen LogP contribution in [0.15, 0.2) is 5.16 Å². The maximum Gasteiger partial charge on any atom is 0.177 e. The van der Waals surface area contributed by atoms with Crippen LogP contribution < -0.4 is 5.90 Å². The van der Waals surface area contributed by atoms with Crippen LogP contribution in [0.5, 0.6) is 0 Å². The molecule has 5 heteroatoms. The number of Topliss-reactive ketones (excluding diaryl/α,β-unsaturated/α-hetero) is 1. The van der Waals surface area contributed by atoms with Gasteiger partial charge in [0.05, 0.1) is 6.61 Å². The first-order valence-corrected chi connectivity index (χ1v) is 3.83. The van der Waals surface area contributed by atoms with Crippen molar-refractivity contribution in [3.63, 3.8) is 0 Å². The topological polar surface area (TPSA) is 84.9 Å². The molecule has 0 spiro atoms. The van der Waals surface area contributed by atoms with E-state index in [-0.39, 0.29) is 5.78 Å². The monoisotopic (exact) mass is 174 g/mol. The van der Waals surface area contributed by atoms with E-state index in [0.29, 0.717) is 13.0 Å². The number of hydrogen-bond donors (Lipinski definition) is 2. The fourth-order valence-electron chi connectivity index (χ4n) is 0.790. The number of hydrogen-bond acceptors (Lipinski definition) is 5. The fraction of sp³-hybridized carbons (Fsp3) is 0.714. The van der Waals surface area contributed by atoms with Gasteiger partial charge >= 0.3 is 0 Å². The highest BCUT2D eigenvalue weighted by Gasteiger charge is 1.97. The van der Waals surface area contributed by atoms with E-state index in [0.717, 1.165) is 25.5 Å². The molecule has 5 nitrogen and oxygen atoms in total. The fourth-order valence-corrected chi connectivity index (χ4v) is 0.790. The number of rotatable bonds is 7. The second kappa shape index (κ2) is 8.16. The van der Waals surface area contributed by atoms with Crippen LogP contribution in [0.4, 0.5) is 0 Å². The van der Waals surface area contributed by atoms with Crippen LogP contribution in [0.3, 0.4) is 0 Å². The van der Waals surface area contributed by atoms with Crippen molar-refractivity contribution in [2.75, 3.05) is 6.61 Å². The number of carbonyl (C=O) groups excluding carboxylic acids is 1. The Balaban J connectivity index is 3.14. The van der Waals surface area contributed by atoms with Crippen molar-refractivity contribution in [3.05, 3.63) is 0 Å². The zero-order valence-electron chi connectivity index (χ0n) is 6.90. The van der Waals surface area contributed by atoms with Gasteiger partial charge in [-0.05, 0) is 12.8 Å². The summed E-state index contributed by atoms with van der Waals surface area (Å²) in [6.07, 6.45) is 3.84. The van der Waals surface area contributed by atoms with E-state index in [9.17, 15) is 4.79 Å². The highest BCUT2D eigenvalue weighted by atomic mass is 16.6. The maximum absolute atomic E-state index is 10.7. The van der Waals surface area contributed by atoms with Crippen LogP contribution in [-0.2, 0) is 9.63 Å². The lowest BCUT2D eigenvalue weighted by atomic mass is 10.1. The lowest BCUT2D eigenvalue weighted by Crippen LogP contribution is -2.02. The van der Waals surface area contributed by atoms with Crippen LogP contribution in [0.1, 0.15) is 25.7 Å². The van der Waals surface area contributed by atoms with Gasteiger partial charge in [0.1, 0.15) is 6.21 Å². The van der Waals surface area contributed by atoms with Crippen molar-refractivity contribution < 1.29 is 14.8 Å². The summed E-state index contributed by atoms with van der Waals surface area (Å²) in [5, 5.41) is 10.6. The number of unbranched alkanes of at least 4 members (excludes halogenated alkanes) is 2. The number of oxime groups is 1. The molecule has 0 aromatic carbocycles. The Kier molecular flexibility index (Phi) is 7.52. The lowest BCUT2D eigenvalue weighted by molar-refractivity contribution is -0.112. The molecule has 0 heterocycles. The van der Waals surface area contributed by atoms with E-state index in [4.69, 9.17) is 11.1 Å². The summed E-state index contributed by atoms with van der Waals surface area (Å²) in [4.78, 5) is 15.1. The molecule has 0 aromatic heterocycles. The highest BCUT2D eigenvalue weighted by molar-refractivity contribution is 6.27. The molecule has 0 aliphatic heterocycles. The van der Waals surface area contributed by atoms with E-state index in [1.807, 2.05) is 0 Å². The van der Waals surface area contributed by atoms with Gasteiger partial charge in [0.25, 0.3) is 0 Å². The van der Waals surface area contributed by atoms with Crippen molar-refractivity contribution in [3.8, 4) is 0 Å². The summed E-state index contributed by atoms with van der Waals surface area (Å²) in [6, 6.07) is 0. The molecule has 0 saturated carbocycles. The molecule has 0 radical (unpaired) electrons. The average molecular weight is 174 g/mol. The highest BCUT2D eigenvalue weighted by Crippen LogP contribution is 1.99. The van der Waals surface area contributed by atoms with Gasteiger partial charge in [-0.3, -0.25) is 4.79 Å². The molecule has 0 bridgehead atoms. The Hall–Kier alpha value is -0.940. The first-order chi connectivity index (χ1) is 5.81. The van der Waals surface area contributed by atoms with Crippen LogP contribution in [-0.4, -0.2) is 23.8 Å². The predicted molar refractivity (Wildman–Crippen MR) is 43.9 cm³/mol. The molecule has 0 atom stereocenters. The van der Waals surface area contributed by atoms with Crippen molar-refractivity contribution in [1.29, 1.82) is 0 Å². The molecule has 0 rings (SSSR count). The molecule has 0 unspecified atom stereocenters. The normalized spacial score (nSPS) is 10.8. The van der Waals surface area contributed by atoms with Gasteiger partial charge in [-0.15, -0.1) is 0 Å². The SMILES string of the molecule is NOCCCCCC(=O)C=NO. The molecule has 70 valence electrons. The summed E-state index contributed by atoms with van der Waals surface area (Å²) in [7, 11) is 0.